The predicted octanol–water partition coefficient (Wildman–Crippen LogP) is 2.79. The van der Waals surface area contributed by atoms with Crippen molar-refractivity contribution in [3.8, 4) is 0 Å². The highest BCUT2D eigenvalue weighted by atomic mass is 16.4. The molecule has 1 heterocycles. The van der Waals surface area contributed by atoms with Gasteiger partial charge in [-0.2, -0.15) is 0 Å². The van der Waals surface area contributed by atoms with Crippen molar-refractivity contribution in [2.45, 2.75) is 155 Å². The lowest BCUT2D eigenvalue weighted by atomic mass is 10.0. The van der Waals surface area contributed by atoms with Gasteiger partial charge >= 0.3 is 5.97 Å². The third-order valence-electron chi connectivity index (χ3n) is 12.1. The van der Waals surface area contributed by atoms with Crippen molar-refractivity contribution < 1.29 is 33.9 Å². The van der Waals surface area contributed by atoms with Crippen molar-refractivity contribution in [3.63, 3.8) is 0 Å². The first-order chi connectivity index (χ1) is 31.4. The van der Waals surface area contributed by atoms with Gasteiger partial charge in [0.2, 0.25) is 17.7 Å². The van der Waals surface area contributed by atoms with Gasteiger partial charge in [0.1, 0.15) is 47.0 Å². The maximum atomic E-state index is 14.3. The first-order valence-electron chi connectivity index (χ1n) is 23.6. The number of amides is 4. The summed E-state index contributed by atoms with van der Waals surface area (Å²) < 4.78 is 0. The number of likely N-dealkylation sites (tertiary alicyclic amines) is 1. The van der Waals surface area contributed by atoms with Crippen molar-refractivity contribution in [2.24, 2.45) is 23.3 Å². The predicted molar refractivity (Wildman–Crippen MR) is 256 cm³/mol. The van der Waals surface area contributed by atoms with Gasteiger partial charge in [0.25, 0.3) is 16.8 Å². The van der Waals surface area contributed by atoms with E-state index in [0.717, 1.165) is 5.56 Å². The van der Waals surface area contributed by atoms with Crippen LogP contribution in [0.4, 0.5) is 11.4 Å². The van der Waals surface area contributed by atoms with Crippen LogP contribution >= 0.6 is 0 Å². The molecule has 366 valence electrons. The largest absolute Gasteiger partial charge is 0.480 e. The smallest absolute Gasteiger partial charge is 0.321 e. The lowest BCUT2D eigenvalue weighted by molar-refractivity contribution is -0.142. The van der Waals surface area contributed by atoms with Crippen molar-refractivity contribution >= 4 is 46.8 Å². The summed E-state index contributed by atoms with van der Waals surface area (Å²) in [5.41, 5.74) is 11.4. The number of hydrogen-bond acceptors (Lipinski definition) is 13. The molecule has 0 radical (unpaired) electrons. The summed E-state index contributed by atoms with van der Waals surface area (Å²) in [4.78, 5) is 108. The number of carboxylic acid groups (broad SMARTS) is 1. The van der Waals surface area contributed by atoms with Crippen LogP contribution in [0.2, 0.25) is 0 Å². The van der Waals surface area contributed by atoms with E-state index in [9.17, 15) is 43.5 Å². The van der Waals surface area contributed by atoms with E-state index in [1.807, 2.05) is 51.1 Å². The summed E-state index contributed by atoms with van der Waals surface area (Å²) in [6.45, 7) is 12.0. The minimum absolute atomic E-state index is 0.0280. The fourth-order valence-electron chi connectivity index (χ4n) is 7.86. The van der Waals surface area contributed by atoms with E-state index in [2.05, 4.69) is 31.9 Å². The fourth-order valence-corrected chi connectivity index (χ4v) is 7.86. The van der Waals surface area contributed by atoms with E-state index in [-0.39, 0.29) is 66.3 Å². The number of carbonyl (C=O) groups excluding carboxylic acids is 5. The lowest BCUT2D eigenvalue weighted by Gasteiger charge is -2.32. The number of nitrogens with zero attached hydrogens (tertiary/aromatic N) is 1. The highest BCUT2D eigenvalue weighted by Crippen LogP contribution is 2.22. The highest BCUT2D eigenvalue weighted by molar-refractivity contribution is 6.02. The molecule has 1 aliphatic rings. The number of carbonyl (C=O) groups is 6. The number of rotatable bonds is 31. The van der Waals surface area contributed by atoms with Gasteiger partial charge in [-0.3, -0.25) is 43.7 Å². The van der Waals surface area contributed by atoms with E-state index in [0.29, 0.717) is 89.5 Å². The van der Waals surface area contributed by atoms with Crippen LogP contribution in [-0.2, 0) is 35.2 Å². The van der Waals surface area contributed by atoms with Crippen molar-refractivity contribution in [2.75, 3.05) is 36.8 Å². The molecule has 0 saturated carbocycles. The molecule has 1 aliphatic heterocycles. The Hall–Kier alpha value is -5.46. The van der Waals surface area contributed by atoms with Gasteiger partial charge in [-0.15, -0.1) is 0 Å². The Bertz CT molecular complexity index is 2030. The number of nitrogens with one attached hydrogen (secondary N) is 6. The molecule has 2 aromatic rings. The molecule has 0 aromatic heterocycles. The fraction of sp³-hybridized carbons (Fsp3) is 0.625. The van der Waals surface area contributed by atoms with E-state index in [1.165, 1.54) is 6.92 Å². The molecule has 6 atom stereocenters. The number of Topliss-reactive ketones (excluding diaryl/α,β-unsaturated/α-hetero) is 1. The maximum Gasteiger partial charge on any atom is 0.321 e. The summed E-state index contributed by atoms with van der Waals surface area (Å²) in [5, 5.41) is 27.7. The number of carboxylic acids is 1. The molecule has 3 rings (SSSR count). The van der Waals surface area contributed by atoms with E-state index >= 15 is 0 Å². The molecule has 4 amide bonds. The Morgan fingerprint density at radius 1 is 0.788 bits per heavy atom. The summed E-state index contributed by atoms with van der Waals surface area (Å²) >= 11 is 0. The van der Waals surface area contributed by atoms with Crippen molar-refractivity contribution in [1.29, 1.82) is 0 Å². The molecule has 1 saturated heterocycles. The molecule has 0 aliphatic carbocycles. The molecule has 18 nitrogen and oxygen atoms in total. The summed E-state index contributed by atoms with van der Waals surface area (Å²) in [6, 6.07) is 5.06. The molecular formula is C48H75N9O9. The van der Waals surface area contributed by atoms with Gasteiger partial charge in [-0.25, -0.2) is 0 Å². The van der Waals surface area contributed by atoms with Gasteiger partial charge in [0.15, 0.2) is 0 Å². The number of benzene rings is 1. The average molecular weight is 922 g/mol. The van der Waals surface area contributed by atoms with Gasteiger partial charge in [-0.05, 0) is 127 Å². The number of unbranched alkanes of at least 4 members (excludes halogenated alkanes) is 2. The Morgan fingerprint density at radius 3 is 2.02 bits per heavy atom. The molecule has 1 fully saturated rings. The lowest BCUT2D eigenvalue weighted by Crippen LogP contribution is -2.58. The molecular weight excluding hydrogens is 847 g/mol. The minimum Gasteiger partial charge on any atom is -0.480 e. The number of aliphatic carboxylic acids is 1. The standard InChI is InChI=1S/C48H75N9O9/c1-7-30(4)39(56-45(62)36(27-29(2)3)53-41-40(42(59)43(41)60)51-25-15-17-31(5)32(6)58)46(63)54-34(20-11-13-23-49)44(61)55-35(21-12-14-24-50)47(64)57-26-16-22-38(57)52-37(48(65)66)28-33-18-9-8-10-19-33/h8-10,18-19,29,31,34-38,51-53H,7,11-17,20-28,49-50H2,1-6H3,(H,54,63)(H,55,61)(H,56,62)(H,65,66)/b39-30-/t31?,34-,35-,36-,37-,38-/m0/s1. The number of nitrogens with two attached hydrogens (primary N) is 2. The van der Waals surface area contributed by atoms with Crippen LogP contribution in [0.25, 0.3) is 0 Å². The van der Waals surface area contributed by atoms with Gasteiger partial charge in [-0.1, -0.05) is 58.0 Å². The zero-order chi connectivity index (χ0) is 48.9. The second-order valence-corrected chi connectivity index (χ2v) is 17.9. The highest BCUT2D eigenvalue weighted by Gasteiger charge is 2.37. The number of hydrogen-bond donors (Lipinski definition) is 9. The molecule has 11 N–H and O–H groups in total. The molecule has 0 spiro atoms. The van der Waals surface area contributed by atoms with Crippen LogP contribution in [0.15, 0.2) is 51.2 Å². The van der Waals surface area contributed by atoms with Crippen molar-refractivity contribution in [1.82, 2.24) is 26.2 Å². The molecule has 1 unspecified atom stereocenters. The Labute approximate surface area is 388 Å². The van der Waals surface area contributed by atoms with Gasteiger partial charge in [0.05, 0.1) is 6.17 Å². The molecule has 0 bridgehead atoms. The topological polar surface area (TPSA) is 284 Å². The van der Waals surface area contributed by atoms with Crippen LogP contribution in [0, 0.1) is 11.8 Å². The first kappa shape index (κ1) is 54.9. The van der Waals surface area contributed by atoms with Crippen LogP contribution in [0.1, 0.15) is 124 Å². The Balaban J connectivity index is 1.82. The third kappa shape index (κ3) is 16.8. The number of allylic oxidation sites excluding steroid dienone is 1. The Kier molecular flexibility index (Phi) is 23.2. The summed E-state index contributed by atoms with van der Waals surface area (Å²) in [7, 11) is 0. The monoisotopic (exact) mass is 922 g/mol. The first-order valence-corrected chi connectivity index (χ1v) is 23.6. The normalized spacial score (nSPS) is 16.4. The van der Waals surface area contributed by atoms with E-state index < -0.39 is 64.9 Å². The molecule has 2 aromatic carbocycles. The third-order valence-corrected chi connectivity index (χ3v) is 12.1. The molecule has 18 heteroatoms. The zero-order valence-corrected chi connectivity index (χ0v) is 39.8. The van der Waals surface area contributed by atoms with E-state index in [4.69, 9.17) is 11.5 Å². The van der Waals surface area contributed by atoms with E-state index in [1.54, 1.807) is 18.7 Å². The second kappa shape index (κ2) is 27.9. The number of anilines is 2. The average Bonchev–Trinajstić information content (AvgIpc) is 3.76. The van der Waals surface area contributed by atoms with Gasteiger partial charge < -0.3 is 48.1 Å². The van der Waals surface area contributed by atoms with Crippen LogP contribution < -0.4 is 54.2 Å². The minimum atomic E-state index is -1.14. The summed E-state index contributed by atoms with van der Waals surface area (Å²) in [5.74, 6) is -3.54. The maximum absolute atomic E-state index is 14.3. The zero-order valence-electron chi connectivity index (χ0n) is 39.8. The summed E-state index contributed by atoms with van der Waals surface area (Å²) in [6.07, 6.45) is 5.08. The van der Waals surface area contributed by atoms with Crippen LogP contribution in [0.5, 0.6) is 0 Å². The molecule has 66 heavy (non-hydrogen) atoms. The second-order valence-electron chi connectivity index (χ2n) is 17.9. The van der Waals surface area contributed by atoms with Gasteiger partial charge in [0, 0.05) is 19.0 Å². The SMILES string of the molecule is CC/C(C)=C(\NC(=O)[C@H](CC(C)C)Nc1c(NCCCC(C)C(C)=O)c(=O)c1=O)C(=O)N[C@@H](CCCCN)C(=O)N[C@@H](CCCCN)C(=O)N1CCC[C@H]1N[C@@H](Cc1ccccc1)C(=O)O. The van der Waals surface area contributed by atoms with Crippen molar-refractivity contribution in [3.05, 3.63) is 67.6 Å². The number of ketones is 1. The van der Waals surface area contributed by atoms with Crippen LogP contribution in [0.3, 0.4) is 0 Å². The quantitative estimate of drug-likeness (QED) is 0.0299. The Morgan fingerprint density at radius 2 is 1.42 bits per heavy atom. The van der Waals surface area contributed by atoms with Crippen LogP contribution in [-0.4, -0.2) is 102 Å².